The van der Waals surface area contributed by atoms with Gasteiger partial charge in [-0.2, -0.15) is 0 Å². The molecule has 3 aliphatic carbocycles. The van der Waals surface area contributed by atoms with Crippen LogP contribution in [0.3, 0.4) is 0 Å². The first-order valence-corrected chi connectivity index (χ1v) is 14.3. The Balaban J connectivity index is 1.36. The Hall–Kier alpha value is -1.22. The van der Waals surface area contributed by atoms with E-state index in [-0.39, 0.29) is 47.6 Å². The Bertz CT molecular complexity index is 984. The molecular weight excluding hydrogens is 498 g/mol. The predicted molar refractivity (Wildman–Crippen MR) is 128 cm³/mol. The predicted octanol–water partition coefficient (Wildman–Crippen LogP) is -3.36. The van der Waals surface area contributed by atoms with E-state index in [1.807, 2.05) is 4.90 Å². The molecule has 7 fully saturated rings. The number of hydrogen-bond donors (Lipinski definition) is 8. The molecule has 4 heterocycles. The number of aliphatic hydroxyl groups excluding tert-OH is 6. The summed E-state index contributed by atoms with van der Waals surface area (Å²) in [7, 11) is 0. The molecule has 0 aromatic carbocycles. The van der Waals surface area contributed by atoms with Gasteiger partial charge in [-0.15, -0.1) is 0 Å². The van der Waals surface area contributed by atoms with Crippen LogP contribution < -0.4 is 10.6 Å². The summed E-state index contributed by atoms with van der Waals surface area (Å²) >= 11 is 0. The average molecular weight is 538 g/mol. The standard InChI is InChI=1S/C26H39N3O9/c30-7-12-21(33)22(34)23(35)26(38-12)29-19-9(4-2-6-11(19)32)14-16-15(24(36)28-25(16)37)13-8-3-1-5-10(31)17(8)27-18(13)20(14)29/h8-23,26-27,30-35H,1-7H2,(H,28,36,37). The van der Waals surface area contributed by atoms with E-state index >= 15 is 0 Å². The fourth-order valence-corrected chi connectivity index (χ4v) is 9.98. The van der Waals surface area contributed by atoms with Gasteiger partial charge in [-0.05, 0) is 49.4 Å². The van der Waals surface area contributed by atoms with E-state index in [9.17, 15) is 40.2 Å². The lowest BCUT2D eigenvalue weighted by atomic mass is 9.57. The third kappa shape index (κ3) is 3.35. The van der Waals surface area contributed by atoms with Gasteiger partial charge < -0.3 is 40.7 Å². The number of likely N-dealkylation sites (tertiary alicyclic amines) is 1. The number of aliphatic hydroxyl groups is 6. The van der Waals surface area contributed by atoms with Gasteiger partial charge in [0.05, 0.1) is 30.7 Å². The second kappa shape index (κ2) is 9.15. The lowest BCUT2D eigenvalue weighted by Crippen LogP contribution is -2.69. The van der Waals surface area contributed by atoms with Gasteiger partial charge in [0.15, 0.2) is 0 Å². The maximum atomic E-state index is 13.4. The Morgan fingerprint density at radius 1 is 0.763 bits per heavy atom. The van der Waals surface area contributed by atoms with Crippen molar-refractivity contribution >= 4 is 11.8 Å². The van der Waals surface area contributed by atoms with E-state index < -0.39 is 73.4 Å². The zero-order chi connectivity index (χ0) is 26.6. The highest BCUT2D eigenvalue weighted by atomic mass is 16.6. The first-order valence-electron chi connectivity index (χ1n) is 14.3. The third-order valence-corrected chi connectivity index (χ3v) is 11.3. The van der Waals surface area contributed by atoms with E-state index in [0.29, 0.717) is 12.8 Å². The van der Waals surface area contributed by atoms with Crippen LogP contribution in [0.25, 0.3) is 0 Å². The van der Waals surface area contributed by atoms with E-state index in [1.54, 1.807) is 0 Å². The fraction of sp³-hybridized carbons (Fsp3) is 0.923. The summed E-state index contributed by atoms with van der Waals surface area (Å²) in [5.41, 5.74) is 0. The largest absolute Gasteiger partial charge is 0.394 e. The van der Waals surface area contributed by atoms with Crippen LogP contribution in [0, 0.1) is 35.5 Å². The van der Waals surface area contributed by atoms with Crippen molar-refractivity contribution in [3.63, 3.8) is 0 Å². The van der Waals surface area contributed by atoms with Gasteiger partial charge in [0.1, 0.15) is 30.6 Å². The Morgan fingerprint density at radius 2 is 1.42 bits per heavy atom. The molecule has 38 heavy (non-hydrogen) atoms. The molecule has 12 nitrogen and oxygen atoms in total. The molecule has 0 radical (unpaired) electrons. The number of fused-ring (bicyclic) bond motifs is 10. The van der Waals surface area contributed by atoms with Crippen LogP contribution in [-0.2, 0) is 14.3 Å². The van der Waals surface area contributed by atoms with Gasteiger partial charge in [0, 0.05) is 24.2 Å². The molecule has 12 heteroatoms. The van der Waals surface area contributed by atoms with Crippen LogP contribution in [0.2, 0.25) is 0 Å². The topological polar surface area (TPSA) is 192 Å². The molecule has 212 valence electrons. The molecule has 17 atom stereocenters. The summed E-state index contributed by atoms with van der Waals surface area (Å²) in [5, 5.41) is 70.7. The van der Waals surface area contributed by atoms with Gasteiger partial charge in [-0.1, -0.05) is 12.8 Å². The van der Waals surface area contributed by atoms with Crippen molar-refractivity contribution in [2.45, 2.75) is 106 Å². The number of nitrogens with one attached hydrogen (secondary N) is 2. The van der Waals surface area contributed by atoms with E-state index in [0.717, 1.165) is 25.7 Å². The number of rotatable bonds is 2. The minimum Gasteiger partial charge on any atom is -0.394 e. The van der Waals surface area contributed by atoms with Gasteiger partial charge >= 0.3 is 0 Å². The summed E-state index contributed by atoms with van der Waals surface area (Å²) in [4.78, 5) is 28.6. The van der Waals surface area contributed by atoms with E-state index in [1.165, 1.54) is 0 Å². The second-order valence-corrected chi connectivity index (χ2v) is 12.8. The van der Waals surface area contributed by atoms with Gasteiger partial charge in [0.2, 0.25) is 11.8 Å². The Morgan fingerprint density at radius 3 is 2.13 bits per heavy atom. The molecule has 0 bridgehead atoms. The number of carbonyl (C=O) groups excluding carboxylic acids is 2. The highest BCUT2D eigenvalue weighted by molar-refractivity contribution is 6.05. The average Bonchev–Trinajstić information content (AvgIpc) is 3.53. The maximum Gasteiger partial charge on any atom is 0.230 e. The van der Waals surface area contributed by atoms with Crippen LogP contribution in [0.1, 0.15) is 38.5 Å². The highest BCUT2D eigenvalue weighted by Gasteiger charge is 2.72. The number of hydrogen-bond acceptors (Lipinski definition) is 11. The molecule has 3 saturated carbocycles. The zero-order valence-electron chi connectivity index (χ0n) is 21.1. The third-order valence-electron chi connectivity index (χ3n) is 11.3. The smallest absolute Gasteiger partial charge is 0.230 e. The van der Waals surface area contributed by atoms with Gasteiger partial charge in [-0.25, -0.2) is 0 Å². The molecule has 8 N–H and O–H groups in total. The fourth-order valence-electron chi connectivity index (χ4n) is 9.98. The lowest BCUT2D eigenvalue weighted by Gasteiger charge is -2.51. The zero-order valence-corrected chi connectivity index (χ0v) is 21.1. The minimum atomic E-state index is -1.58. The molecule has 4 aliphatic heterocycles. The van der Waals surface area contributed by atoms with E-state index in [2.05, 4.69) is 10.6 Å². The van der Waals surface area contributed by atoms with Crippen molar-refractivity contribution in [3.8, 4) is 0 Å². The summed E-state index contributed by atoms with van der Waals surface area (Å²) in [6.45, 7) is -0.567. The minimum absolute atomic E-state index is 0.00180. The van der Waals surface area contributed by atoms with Crippen LogP contribution in [0.4, 0.5) is 0 Å². The number of nitrogens with zero attached hydrogens (tertiary/aromatic N) is 1. The number of ether oxygens (including phenoxy) is 1. The van der Waals surface area contributed by atoms with Gasteiger partial charge in [-0.3, -0.25) is 19.8 Å². The van der Waals surface area contributed by atoms with E-state index in [4.69, 9.17) is 4.74 Å². The molecule has 0 spiro atoms. The van der Waals surface area contributed by atoms with Crippen molar-refractivity contribution in [1.29, 1.82) is 0 Å². The van der Waals surface area contributed by atoms with Crippen molar-refractivity contribution in [2.24, 2.45) is 35.5 Å². The summed E-state index contributed by atoms with van der Waals surface area (Å²) < 4.78 is 6.07. The molecule has 0 aromatic rings. The van der Waals surface area contributed by atoms with Crippen molar-refractivity contribution in [1.82, 2.24) is 15.5 Å². The van der Waals surface area contributed by atoms with Crippen molar-refractivity contribution < 1.29 is 45.0 Å². The normalized spacial score (nSPS) is 58.0. The molecule has 17 unspecified atom stereocenters. The maximum absolute atomic E-state index is 13.4. The first kappa shape index (κ1) is 25.7. The number of amides is 2. The summed E-state index contributed by atoms with van der Waals surface area (Å²) in [6.07, 6.45) is -3.90. The molecule has 4 saturated heterocycles. The number of imide groups is 1. The van der Waals surface area contributed by atoms with Crippen LogP contribution in [0.5, 0.6) is 0 Å². The van der Waals surface area contributed by atoms with Crippen LogP contribution in [-0.4, -0.2) is 121 Å². The summed E-state index contributed by atoms with van der Waals surface area (Å²) in [5.74, 6) is -2.40. The Labute approximate surface area is 220 Å². The van der Waals surface area contributed by atoms with Crippen LogP contribution in [0.15, 0.2) is 0 Å². The Kier molecular flexibility index (Phi) is 6.19. The first-order chi connectivity index (χ1) is 18.2. The van der Waals surface area contributed by atoms with Gasteiger partial charge in [0.25, 0.3) is 0 Å². The number of carbonyl (C=O) groups is 2. The highest BCUT2D eigenvalue weighted by Crippen LogP contribution is 2.60. The second-order valence-electron chi connectivity index (χ2n) is 12.8. The molecule has 7 aliphatic rings. The monoisotopic (exact) mass is 537 g/mol. The lowest BCUT2D eigenvalue weighted by molar-refractivity contribution is -0.278. The van der Waals surface area contributed by atoms with Crippen molar-refractivity contribution in [2.75, 3.05) is 6.61 Å². The molecule has 0 aromatic heterocycles. The molecule has 2 amide bonds. The molecule has 7 rings (SSSR count). The van der Waals surface area contributed by atoms with Crippen LogP contribution >= 0.6 is 0 Å². The summed E-state index contributed by atoms with van der Waals surface area (Å²) in [6, 6.07) is -1.48. The molecular formula is C26H39N3O9. The van der Waals surface area contributed by atoms with Crippen molar-refractivity contribution in [3.05, 3.63) is 0 Å². The SMILES string of the molecule is O=C1NC(=O)C2C1C1C3CCCC(O)C3NC1C1C2C2CCCC(O)C2N1C1OC(CO)C(O)C(O)C1O. The quantitative estimate of drug-likeness (QED) is 0.164.